The van der Waals surface area contributed by atoms with Gasteiger partial charge >= 0.3 is 53.7 Å². The molecule has 2 fully saturated rings. The van der Waals surface area contributed by atoms with Crippen LogP contribution in [0.1, 0.15) is 102 Å². The van der Waals surface area contributed by atoms with Crippen LogP contribution in [0.3, 0.4) is 0 Å². The van der Waals surface area contributed by atoms with E-state index in [0.29, 0.717) is 38.0 Å². The molecule has 0 aromatic heterocycles. The van der Waals surface area contributed by atoms with Crippen molar-refractivity contribution in [1.82, 2.24) is 15.1 Å². The molecule has 2 aliphatic rings. The summed E-state index contributed by atoms with van der Waals surface area (Å²) in [5, 5.41) is 3.51. The topological polar surface area (TPSA) is 167 Å². The number of Topliss-reactive ketones (excluding diaryl/α,β-unsaturated/α-hetero) is 1. The van der Waals surface area contributed by atoms with Gasteiger partial charge in [-0.25, -0.2) is 29.0 Å². The summed E-state index contributed by atoms with van der Waals surface area (Å²) in [7, 11) is 4.32. The molecule has 2 saturated heterocycles. The summed E-state index contributed by atoms with van der Waals surface area (Å²) in [5.41, 5.74) is -0.858. The van der Waals surface area contributed by atoms with Crippen LogP contribution in [0.15, 0.2) is 0 Å². The Morgan fingerprint density at radius 2 is 1.07 bits per heavy atom. The fourth-order valence-electron chi connectivity index (χ4n) is 3.41. The number of ether oxygens (including phenoxy) is 2. The number of nitrogens with one attached hydrogen (secondary N) is 1. The van der Waals surface area contributed by atoms with Crippen molar-refractivity contribution in [1.29, 1.82) is 0 Å². The summed E-state index contributed by atoms with van der Waals surface area (Å²) in [6.07, 6.45) is 2.44. The van der Waals surface area contributed by atoms with Crippen LogP contribution in [0.4, 0.5) is 9.59 Å². The third-order valence-corrected chi connectivity index (χ3v) is 5.13. The zero-order chi connectivity index (χ0) is 34.7. The minimum Gasteiger partial charge on any atom is -0.793 e. The SMILES string of the molecule is CC(=O)OOC(C)=O.CC(C)(C)OC(=O)N1CCC(=O)CC1.CC(C)NC1CCN(C(=O)OC(C)(C)C)CC1.[B-]OC(C)=O.[Na+]. The molecular formula is C29H52BN3NaO11. The van der Waals surface area contributed by atoms with Gasteiger partial charge in [-0.1, -0.05) is 13.8 Å². The minimum atomic E-state index is -0.639. The Morgan fingerprint density at radius 3 is 1.33 bits per heavy atom. The van der Waals surface area contributed by atoms with Gasteiger partial charge in [0.2, 0.25) is 5.97 Å². The van der Waals surface area contributed by atoms with Crippen LogP contribution in [0.25, 0.3) is 0 Å². The molecule has 253 valence electrons. The molecule has 3 radical (unpaired) electrons. The standard InChI is InChI=1S/C13H26N2O2.C10H17NO3.C4H6O4.C2H3BO2.Na/c1-10(2)14-11-6-8-15(9-7-11)12(16)17-13(3,4)5;1-10(2,3)14-9(13)11-6-4-8(12)5-7-11;1-3(5)7-8-4(2)6;1-2(4)5-3;/h10-11,14H,6-9H2,1-5H3;4-7H2,1-3H3;1-2H3;1H3;/q;;;-1;+1. The van der Waals surface area contributed by atoms with Crippen LogP contribution in [0, 0.1) is 0 Å². The third-order valence-electron chi connectivity index (χ3n) is 5.13. The molecule has 16 heteroatoms. The second-order valence-electron chi connectivity index (χ2n) is 12.3. The van der Waals surface area contributed by atoms with Crippen LogP contribution in [-0.2, 0) is 43.1 Å². The molecule has 1 N–H and O–H groups in total. The van der Waals surface area contributed by atoms with Crippen molar-refractivity contribution in [2.45, 2.75) is 125 Å². The van der Waals surface area contributed by atoms with E-state index in [0.717, 1.165) is 39.8 Å². The Balaban J connectivity index is -0.000000566. The van der Waals surface area contributed by atoms with Crippen molar-refractivity contribution >= 4 is 43.9 Å². The van der Waals surface area contributed by atoms with Gasteiger partial charge < -0.3 is 37.3 Å². The van der Waals surface area contributed by atoms with E-state index in [4.69, 9.17) is 9.47 Å². The van der Waals surface area contributed by atoms with Crippen LogP contribution < -0.4 is 34.9 Å². The van der Waals surface area contributed by atoms with Crippen LogP contribution in [0.5, 0.6) is 0 Å². The fraction of sp³-hybridized carbons (Fsp3) is 0.793. The number of piperidine rings is 2. The number of hydrogen-bond acceptors (Lipinski definition) is 12. The molecule has 0 bridgehead atoms. The van der Waals surface area contributed by atoms with E-state index in [1.165, 1.54) is 6.92 Å². The number of carbonyl (C=O) groups is 6. The molecule has 45 heavy (non-hydrogen) atoms. The van der Waals surface area contributed by atoms with Gasteiger partial charge in [0, 0.05) is 71.9 Å². The Hall–Kier alpha value is -2.36. The second kappa shape index (κ2) is 23.9. The summed E-state index contributed by atoms with van der Waals surface area (Å²) in [4.78, 5) is 74.5. The third kappa shape index (κ3) is 30.1. The van der Waals surface area contributed by atoms with E-state index in [1.54, 1.807) is 4.90 Å². The van der Waals surface area contributed by atoms with Crippen molar-refractivity contribution in [3.05, 3.63) is 0 Å². The van der Waals surface area contributed by atoms with Gasteiger partial charge in [0.15, 0.2) is 0 Å². The molecule has 14 nitrogen and oxygen atoms in total. The normalized spacial score (nSPS) is 14.8. The molecule has 0 spiro atoms. The van der Waals surface area contributed by atoms with Crippen molar-refractivity contribution in [2.75, 3.05) is 26.2 Å². The summed E-state index contributed by atoms with van der Waals surface area (Å²) in [5.74, 6) is -1.52. The molecule has 2 rings (SSSR count). The average molecular weight is 653 g/mol. The Bertz CT molecular complexity index is 905. The maximum absolute atomic E-state index is 11.8. The number of amides is 2. The first-order chi connectivity index (χ1) is 20.1. The van der Waals surface area contributed by atoms with Crippen molar-refractivity contribution in [3.63, 3.8) is 0 Å². The number of hydrogen-bond donors (Lipinski definition) is 1. The first-order valence-electron chi connectivity index (χ1n) is 14.5. The van der Waals surface area contributed by atoms with Gasteiger partial charge in [-0.2, -0.15) is 0 Å². The van der Waals surface area contributed by atoms with Crippen molar-refractivity contribution in [2.24, 2.45) is 0 Å². The summed E-state index contributed by atoms with van der Waals surface area (Å²) < 4.78 is 14.2. The maximum Gasteiger partial charge on any atom is 1.00 e. The number of nitrogens with zero attached hydrogens (tertiary/aromatic N) is 2. The van der Waals surface area contributed by atoms with E-state index in [9.17, 15) is 28.8 Å². The van der Waals surface area contributed by atoms with Crippen LogP contribution in [-0.4, -0.2) is 103 Å². The van der Waals surface area contributed by atoms with E-state index in [1.807, 2.05) is 46.4 Å². The predicted molar refractivity (Wildman–Crippen MR) is 162 cm³/mol. The monoisotopic (exact) mass is 652 g/mol. The van der Waals surface area contributed by atoms with E-state index >= 15 is 0 Å². The summed E-state index contributed by atoms with van der Waals surface area (Å²) in [6.45, 7) is 21.6. The first-order valence-corrected chi connectivity index (χ1v) is 14.5. The van der Waals surface area contributed by atoms with Crippen molar-refractivity contribution in [3.8, 4) is 0 Å². The number of ketones is 1. The average Bonchev–Trinajstić information content (AvgIpc) is 2.87. The van der Waals surface area contributed by atoms with Crippen LogP contribution >= 0.6 is 0 Å². The molecule has 0 unspecified atom stereocenters. The summed E-state index contributed by atoms with van der Waals surface area (Å²) in [6, 6.07) is 1.04. The van der Waals surface area contributed by atoms with Gasteiger partial charge in [-0.05, 0) is 54.4 Å². The van der Waals surface area contributed by atoms with Gasteiger partial charge in [-0.3, -0.25) is 9.59 Å². The molecule has 0 atom stereocenters. The molecule has 2 aliphatic heterocycles. The molecule has 0 aliphatic carbocycles. The molecule has 0 aromatic rings. The Labute approximate surface area is 291 Å². The molecule has 0 saturated carbocycles. The predicted octanol–water partition coefficient (Wildman–Crippen LogP) is 0.635. The van der Waals surface area contributed by atoms with Gasteiger partial charge in [-0.15, -0.1) is 0 Å². The molecular weight excluding hydrogens is 600 g/mol. The van der Waals surface area contributed by atoms with Crippen LogP contribution in [0.2, 0.25) is 0 Å². The number of likely N-dealkylation sites (tertiary alicyclic amines) is 2. The van der Waals surface area contributed by atoms with Crippen molar-refractivity contribution < 1.29 is 82.2 Å². The smallest absolute Gasteiger partial charge is 0.793 e. The summed E-state index contributed by atoms with van der Waals surface area (Å²) >= 11 is 0. The zero-order valence-corrected chi connectivity index (χ0v) is 31.3. The second-order valence-corrected chi connectivity index (χ2v) is 12.3. The minimum absolute atomic E-state index is 0. The maximum atomic E-state index is 11.8. The van der Waals surface area contributed by atoms with Gasteiger partial charge in [0.25, 0.3) is 0 Å². The largest absolute Gasteiger partial charge is 1.00 e. The molecule has 2 heterocycles. The molecule has 2 amide bonds. The van der Waals surface area contributed by atoms with Gasteiger partial charge in [0.05, 0.1) is 0 Å². The van der Waals surface area contributed by atoms with Gasteiger partial charge in [0.1, 0.15) is 17.0 Å². The zero-order valence-electron chi connectivity index (χ0n) is 29.3. The first kappa shape index (κ1) is 47.1. The van der Waals surface area contributed by atoms with E-state index < -0.39 is 29.1 Å². The molecule has 0 aromatic carbocycles. The Kier molecular flexibility index (Phi) is 25.0. The fourth-order valence-corrected chi connectivity index (χ4v) is 3.41. The van der Waals surface area contributed by atoms with E-state index in [-0.39, 0.29) is 47.5 Å². The quantitative estimate of drug-likeness (QED) is 0.252. The Morgan fingerprint density at radius 1 is 0.733 bits per heavy atom. The number of carbonyl (C=O) groups excluding carboxylic acids is 6. The van der Waals surface area contributed by atoms with E-state index in [2.05, 4.69) is 41.6 Å². The number of rotatable bonds is 2.